The van der Waals surface area contributed by atoms with Gasteiger partial charge in [-0.1, -0.05) is 0 Å². The fraction of sp³-hybridized carbons (Fsp3) is 0.200. The van der Waals surface area contributed by atoms with E-state index in [0.717, 1.165) is 11.4 Å². The van der Waals surface area contributed by atoms with Gasteiger partial charge in [0.2, 0.25) is 5.95 Å². The molecule has 5 nitrogen and oxygen atoms in total. The zero-order valence-corrected chi connectivity index (χ0v) is 8.75. The van der Waals surface area contributed by atoms with Crippen molar-refractivity contribution in [2.45, 2.75) is 0 Å². The third-order valence-electron chi connectivity index (χ3n) is 2.04. The largest absolute Gasteiger partial charge is 0.399 e. The van der Waals surface area contributed by atoms with E-state index in [1.54, 1.807) is 11.0 Å². The lowest BCUT2D eigenvalue weighted by Gasteiger charge is -2.05. The van der Waals surface area contributed by atoms with Crippen LogP contribution in [0.1, 0.15) is 0 Å². The van der Waals surface area contributed by atoms with Gasteiger partial charge in [-0.3, -0.25) is 0 Å². The summed E-state index contributed by atoms with van der Waals surface area (Å²) in [6.07, 6.45) is 1.68. The monoisotopic (exact) mass is 203 g/mol. The van der Waals surface area contributed by atoms with Gasteiger partial charge < -0.3 is 10.6 Å². The fourth-order valence-electron chi connectivity index (χ4n) is 1.21. The minimum Gasteiger partial charge on any atom is -0.399 e. The number of hydrogen-bond acceptors (Lipinski definition) is 4. The summed E-state index contributed by atoms with van der Waals surface area (Å²) in [4.78, 5) is 6.02. The summed E-state index contributed by atoms with van der Waals surface area (Å²) in [7, 11) is 3.81. The average Bonchev–Trinajstić information content (AvgIpc) is 2.68. The van der Waals surface area contributed by atoms with Gasteiger partial charge >= 0.3 is 0 Å². The molecule has 0 saturated heterocycles. The molecule has 78 valence electrons. The summed E-state index contributed by atoms with van der Waals surface area (Å²) in [5.41, 5.74) is 7.30. The lowest BCUT2D eigenvalue weighted by atomic mass is 10.3. The van der Waals surface area contributed by atoms with Crippen molar-refractivity contribution < 1.29 is 0 Å². The SMILES string of the molecule is CN(C)c1ncn(-c2ccc(N)cc2)n1. The summed E-state index contributed by atoms with van der Waals surface area (Å²) >= 11 is 0. The second-order valence-corrected chi connectivity index (χ2v) is 3.48. The number of rotatable bonds is 2. The molecule has 1 heterocycles. The Morgan fingerprint density at radius 1 is 1.20 bits per heavy atom. The first-order valence-electron chi connectivity index (χ1n) is 4.62. The minimum absolute atomic E-state index is 0.687. The Kier molecular flexibility index (Phi) is 2.29. The third kappa shape index (κ3) is 1.90. The van der Waals surface area contributed by atoms with Gasteiger partial charge in [-0.15, -0.1) is 5.10 Å². The molecular weight excluding hydrogens is 190 g/mol. The van der Waals surface area contributed by atoms with Gasteiger partial charge in [0.1, 0.15) is 6.33 Å². The Labute approximate surface area is 88.1 Å². The van der Waals surface area contributed by atoms with E-state index < -0.39 is 0 Å². The van der Waals surface area contributed by atoms with Gasteiger partial charge in [-0.25, -0.2) is 4.68 Å². The Hall–Kier alpha value is -2.04. The van der Waals surface area contributed by atoms with Crippen LogP contribution in [0.2, 0.25) is 0 Å². The molecule has 0 radical (unpaired) electrons. The van der Waals surface area contributed by atoms with E-state index in [-0.39, 0.29) is 0 Å². The Morgan fingerprint density at radius 2 is 1.87 bits per heavy atom. The molecule has 15 heavy (non-hydrogen) atoms. The Morgan fingerprint density at radius 3 is 2.40 bits per heavy atom. The number of nitrogens with two attached hydrogens (primary N) is 1. The highest BCUT2D eigenvalue weighted by Crippen LogP contribution is 2.11. The summed E-state index contributed by atoms with van der Waals surface area (Å²) in [6, 6.07) is 7.49. The van der Waals surface area contributed by atoms with Crippen molar-refractivity contribution in [2.75, 3.05) is 24.7 Å². The van der Waals surface area contributed by atoms with Crippen LogP contribution in [0.5, 0.6) is 0 Å². The maximum Gasteiger partial charge on any atom is 0.244 e. The van der Waals surface area contributed by atoms with E-state index in [0.29, 0.717) is 5.95 Å². The van der Waals surface area contributed by atoms with Crippen LogP contribution in [-0.2, 0) is 0 Å². The Bertz CT molecular complexity index is 443. The van der Waals surface area contributed by atoms with Crippen LogP contribution in [0.4, 0.5) is 11.6 Å². The van der Waals surface area contributed by atoms with Gasteiger partial charge in [0.15, 0.2) is 0 Å². The van der Waals surface area contributed by atoms with Crippen molar-refractivity contribution in [3.63, 3.8) is 0 Å². The Balaban J connectivity index is 2.33. The molecule has 2 N–H and O–H groups in total. The van der Waals surface area contributed by atoms with Crippen LogP contribution in [0.25, 0.3) is 5.69 Å². The summed E-state index contributed by atoms with van der Waals surface area (Å²) in [6.45, 7) is 0. The number of anilines is 2. The van der Waals surface area contributed by atoms with Crippen molar-refractivity contribution in [2.24, 2.45) is 0 Å². The van der Waals surface area contributed by atoms with Crippen molar-refractivity contribution in [1.29, 1.82) is 0 Å². The molecule has 1 aromatic heterocycles. The fourth-order valence-corrected chi connectivity index (χ4v) is 1.21. The normalized spacial score (nSPS) is 10.3. The molecule has 0 bridgehead atoms. The highest BCUT2D eigenvalue weighted by atomic mass is 15.4. The molecule has 0 aliphatic heterocycles. The van der Waals surface area contributed by atoms with Crippen molar-refractivity contribution in [1.82, 2.24) is 14.8 Å². The van der Waals surface area contributed by atoms with Gasteiger partial charge in [0.05, 0.1) is 5.69 Å². The van der Waals surface area contributed by atoms with Gasteiger partial charge in [0.25, 0.3) is 0 Å². The lowest BCUT2D eigenvalue weighted by Crippen LogP contribution is -2.10. The molecule has 0 aliphatic carbocycles. The number of benzene rings is 1. The minimum atomic E-state index is 0.687. The maximum atomic E-state index is 5.60. The highest BCUT2D eigenvalue weighted by molar-refractivity contribution is 5.44. The second kappa shape index (κ2) is 3.61. The number of nitrogen functional groups attached to an aromatic ring is 1. The zero-order valence-electron chi connectivity index (χ0n) is 8.75. The van der Waals surface area contributed by atoms with E-state index in [2.05, 4.69) is 10.1 Å². The van der Waals surface area contributed by atoms with Crippen LogP contribution in [-0.4, -0.2) is 28.9 Å². The van der Waals surface area contributed by atoms with Crippen LogP contribution < -0.4 is 10.6 Å². The van der Waals surface area contributed by atoms with Crippen molar-refractivity contribution in [3.8, 4) is 5.69 Å². The molecule has 1 aromatic carbocycles. The third-order valence-corrected chi connectivity index (χ3v) is 2.04. The molecule has 2 aromatic rings. The standard InChI is InChI=1S/C10H13N5/c1-14(2)10-12-7-15(13-10)9-5-3-8(11)4-6-9/h3-7H,11H2,1-2H3. The van der Waals surface area contributed by atoms with Crippen LogP contribution >= 0.6 is 0 Å². The van der Waals surface area contributed by atoms with Gasteiger partial charge in [0, 0.05) is 19.8 Å². The average molecular weight is 203 g/mol. The molecule has 0 atom stereocenters. The van der Waals surface area contributed by atoms with E-state index in [1.165, 1.54) is 0 Å². The molecule has 0 saturated carbocycles. The number of hydrogen-bond donors (Lipinski definition) is 1. The van der Waals surface area contributed by atoms with Gasteiger partial charge in [-0.05, 0) is 24.3 Å². The number of nitrogens with zero attached hydrogens (tertiary/aromatic N) is 4. The first-order chi connectivity index (χ1) is 7.16. The van der Waals surface area contributed by atoms with Crippen LogP contribution in [0.3, 0.4) is 0 Å². The van der Waals surface area contributed by atoms with E-state index in [9.17, 15) is 0 Å². The zero-order chi connectivity index (χ0) is 10.8. The molecule has 0 fully saturated rings. The quantitative estimate of drug-likeness (QED) is 0.737. The first kappa shape index (κ1) is 9.51. The molecule has 0 amide bonds. The summed E-state index contributed by atoms with van der Waals surface area (Å²) in [5.74, 6) is 0.687. The summed E-state index contributed by atoms with van der Waals surface area (Å²) < 4.78 is 1.72. The van der Waals surface area contributed by atoms with Crippen molar-refractivity contribution >= 4 is 11.6 Å². The smallest absolute Gasteiger partial charge is 0.244 e. The van der Waals surface area contributed by atoms with E-state index in [4.69, 9.17) is 5.73 Å². The molecule has 2 rings (SSSR count). The molecule has 0 aliphatic rings. The predicted octanol–water partition coefficient (Wildman–Crippen LogP) is 0.916. The van der Waals surface area contributed by atoms with Crippen molar-refractivity contribution in [3.05, 3.63) is 30.6 Å². The highest BCUT2D eigenvalue weighted by Gasteiger charge is 2.03. The number of aromatic nitrogens is 3. The van der Waals surface area contributed by atoms with Gasteiger partial charge in [-0.2, -0.15) is 4.98 Å². The topological polar surface area (TPSA) is 60.0 Å². The molecule has 5 heteroatoms. The van der Waals surface area contributed by atoms with E-state index >= 15 is 0 Å². The second-order valence-electron chi connectivity index (χ2n) is 3.48. The molecular formula is C10H13N5. The molecule has 0 spiro atoms. The first-order valence-corrected chi connectivity index (χ1v) is 4.62. The molecule has 0 unspecified atom stereocenters. The lowest BCUT2D eigenvalue weighted by molar-refractivity contribution is 0.866. The summed E-state index contributed by atoms with van der Waals surface area (Å²) in [5, 5.41) is 4.30. The maximum absolute atomic E-state index is 5.60. The van der Waals surface area contributed by atoms with Crippen LogP contribution in [0.15, 0.2) is 30.6 Å². The van der Waals surface area contributed by atoms with Crippen LogP contribution in [0, 0.1) is 0 Å². The van der Waals surface area contributed by atoms with E-state index in [1.807, 2.05) is 43.3 Å². The predicted molar refractivity (Wildman–Crippen MR) is 60.1 cm³/mol.